The summed E-state index contributed by atoms with van der Waals surface area (Å²) in [5.41, 5.74) is 5.20. The van der Waals surface area contributed by atoms with Crippen molar-refractivity contribution in [1.29, 1.82) is 0 Å². The summed E-state index contributed by atoms with van der Waals surface area (Å²) in [5, 5.41) is 1.20. The first kappa shape index (κ1) is 10.3. The Morgan fingerprint density at radius 1 is 1.53 bits per heavy atom. The molecule has 1 heterocycles. The maximum Gasteiger partial charge on any atom is 0.260 e. The fraction of sp³-hybridized carbons (Fsp3) is 0.100. The van der Waals surface area contributed by atoms with Crippen LogP contribution in [-0.4, -0.2) is 13.0 Å². The fourth-order valence-electron chi connectivity index (χ4n) is 1.33. The first-order valence-corrected chi connectivity index (χ1v) is 5.38. The molecule has 0 bridgehead atoms. The zero-order valence-corrected chi connectivity index (χ0v) is 9.48. The van der Waals surface area contributed by atoms with Crippen molar-refractivity contribution in [3.63, 3.8) is 0 Å². The number of halogens is 1. The van der Waals surface area contributed by atoms with Crippen LogP contribution in [0.5, 0.6) is 5.75 Å². The number of carbonyl (C=O) groups excluding carboxylic acids is 1. The third-order valence-corrected chi connectivity index (χ3v) is 3.75. The van der Waals surface area contributed by atoms with E-state index in [2.05, 4.69) is 0 Å². The lowest BCUT2D eigenvalue weighted by atomic mass is 10.2. The van der Waals surface area contributed by atoms with Gasteiger partial charge in [-0.25, -0.2) is 0 Å². The van der Waals surface area contributed by atoms with E-state index in [0.717, 1.165) is 10.1 Å². The largest absolute Gasteiger partial charge is 0.497 e. The molecular weight excluding hydrogens is 234 g/mol. The number of nitrogens with two attached hydrogens (primary N) is 1. The second kappa shape index (κ2) is 3.72. The molecule has 2 rings (SSSR count). The lowest BCUT2D eigenvalue weighted by molar-refractivity contribution is 0.100. The average Bonchev–Trinajstić information content (AvgIpc) is 2.56. The molecule has 5 heteroatoms. The van der Waals surface area contributed by atoms with Gasteiger partial charge in [-0.05, 0) is 18.2 Å². The smallest absolute Gasteiger partial charge is 0.260 e. The van der Waals surface area contributed by atoms with Crippen LogP contribution in [0.1, 0.15) is 9.67 Å². The van der Waals surface area contributed by atoms with Gasteiger partial charge in [0.2, 0.25) is 0 Å². The molecule has 0 aliphatic heterocycles. The van der Waals surface area contributed by atoms with Crippen molar-refractivity contribution in [2.24, 2.45) is 5.73 Å². The number of rotatable bonds is 2. The highest BCUT2D eigenvalue weighted by atomic mass is 35.5. The molecule has 0 saturated heterocycles. The fourth-order valence-corrected chi connectivity index (χ4v) is 2.68. The molecule has 0 radical (unpaired) electrons. The molecule has 0 aliphatic carbocycles. The zero-order valence-electron chi connectivity index (χ0n) is 7.91. The van der Waals surface area contributed by atoms with Crippen LogP contribution in [0.3, 0.4) is 0 Å². The summed E-state index contributed by atoms with van der Waals surface area (Å²) in [6.45, 7) is 0. The van der Waals surface area contributed by atoms with Crippen molar-refractivity contribution in [2.75, 3.05) is 7.11 Å². The van der Waals surface area contributed by atoms with Crippen molar-refractivity contribution in [3.8, 4) is 5.75 Å². The van der Waals surface area contributed by atoms with E-state index in [9.17, 15) is 4.79 Å². The highest BCUT2D eigenvalue weighted by molar-refractivity contribution is 7.21. The Hall–Kier alpha value is -1.26. The monoisotopic (exact) mass is 241 g/mol. The topological polar surface area (TPSA) is 52.3 Å². The Morgan fingerprint density at radius 3 is 2.87 bits per heavy atom. The Balaban J connectivity index is 2.72. The molecule has 1 amide bonds. The van der Waals surface area contributed by atoms with Gasteiger partial charge in [0.25, 0.3) is 5.91 Å². The summed E-state index contributed by atoms with van der Waals surface area (Å²) in [4.78, 5) is 11.5. The van der Waals surface area contributed by atoms with Crippen LogP contribution in [0.15, 0.2) is 18.2 Å². The van der Waals surface area contributed by atoms with E-state index in [1.54, 1.807) is 13.2 Å². The standard InChI is InChI=1S/C10H8ClNO2S/c1-14-5-2-3-7-6(4-5)8(11)9(15-7)10(12)13/h2-4H,1H3,(H2,12,13). The first-order valence-electron chi connectivity index (χ1n) is 4.19. The molecule has 1 aromatic heterocycles. The van der Waals surface area contributed by atoms with Crippen LogP contribution < -0.4 is 10.5 Å². The number of fused-ring (bicyclic) bond motifs is 1. The summed E-state index contributed by atoms with van der Waals surface area (Å²) in [6.07, 6.45) is 0. The summed E-state index contributed by atoms with van der Waals surface area (Å²) < 4.78 is 6.00. The third kappa shape index (κ3) is 1.66. The minimum atomic E-state index is -0.500. The van der Waals surface area contributed by atoms with Crippen molar-refractivity contribution in [3.05, 3.63) is 28.1 Å². The molecule has 0 aliphatic rings. The number of thiophene rings is 1. The van der Waals surface area contributed by atoms with Crippen molar-refractivity contribution in [1.82, 2.24) is 0 Å². The van der Waals surface area contributed by atoms with E-state index in [1.165, 1.54) is 11.3 Å². The third-order valence-electron chi connectivity index (χ3n) is 2.06. The van der Waals surface area contributed by atoms with Gasteiger partial charge in [0.15, 0.2) is 0 Å². The minimum Gasteiger partial charge on any atom is -0.497 e. The van der Waals surface area contributed by atoms with Crippen LogP contribution in [0, 0.1) is 0 Å². The molecule has 0 unspecified atom stereocenters. The van der Waals surface area contributed by atoms with E-state index < -0.39 is 5.91 Å². The van der Waals surface area contributed by atoms with Gasteiger partial charge in [-0.2, -0.15) is 0 Å². The Kier molecular flexibility index (Phi) is 2.54. The van der Waals surface area contributed by atoms with Gasteiger partial charge in [0, 0.05) is 10.1 Å². The number of methoxy groups -OCH3 is 1. The summed E-state index contributed by atoms with van der Waals surface area (Å²) in [6, 6.07) is 5.47. The molecule has 0 atom stereocenters. The molecule has 0 fully saturated rings. The SMILES string of the molecule is COc1ccc2sc(C(N)=O)c(Cl)c2c1. The molecule has 1 aromatic carbocycles. The van der Waals surface area contributed by atoms with E-state index in [4.69, 9.17) is 22.1 Å². The number of hydrogen-bond acceptors (Lipinski definition) is 3. The first-order chi connectivity index (χ1) is 7.13. The van der Waals surface area contributed by atoms with Crippen molar-refractivity contribution < 1.29 is 9.53 Å². The second-order valence-electron chi connectivity index (χ2n) is 2.97. The predicted octanol–water partition coefficient (Wildman–Crippen LogP) is 2.66. The summed E-state index contributed by atoms with van der Waals surface area (Å²) in [5.74, 6) is 0.207. The summed E-state index contributed by atoms with van der Waals surface area (Å²) in [7, 11) is 1.58. The van der Waals surface area contributed by atoms with E-state index in [1.807, 2.05) is 12.1 Å². The molecule has 2 aromatic rings. The molecule has 78 valence electrons. The highest BCUT2D eigenvalue weighted by Crippen LogP contribution is 2.36. The number of benzene rings is 1. The quantitative estimate of drug-likeness (QED) is 0.879. The lowest BCUT2D eigenvalue weighted by Crippen LogP contribution is -2.08. The molecule has 15 heavy (non-hydrogen) atoms. The van der Waals surface area contributed by atoms with Gasteiger partial charge >= 0.3 is 0 Å². The number of primary amides is 1. The number of ether oxygens (including phenoxy) is 1. The van der Waals surface area contributed by atoms with Gasteiger partial charge in [0.1, 0.15) is 10.6 Å². The van der Waals surface area contributed by atoms with Crippen LogP contribution in [0.25, 0.3) is 10.1 Å². The van der Waals surface area contributed by atoms with Gasteiger partial charge in [-0.15, -0.1) is 11.3 Å². The summed E-state index contributed by atoms with van der Waals surface area (Å²) >= 11 is 7.32. The van der Waals surface area contributed by atoms with Gasteiger partial charge in [0.05, 0.1) is 12.1 Å². The molecule has 2 N–H and O–H groups in total. The van der Waals surface area contributed by atoms with E-state index >= 15 is 0 Å². The zero-order chi connectivity index (χ0) is 11.0. The van der Waals surface area contributed by atoms with Crippen LogP contribution in [0.2, 0.25) is 5.02 Å². The normalized spacial score (nSPS) is 10.5. The second-order valence-corrected chi connectivity index (χ2v) is 4.40. The van der Waals surface area contributed by atoms with Crippen LogP contribution in [0.4, 0.5) is 0 Å². The van der Waals surface area contributed by atoms with Crippen LogP contribution in [-0.2, 0) is 0 Å². The lowest BCUT2D eigenvalue weighted by Gasteiger charge is -1.98. The molecular formula is C10H8ClNO2S. The maximum atomic E-state index is 11.1. The number of amides is 1. The van der Waals surface area contributed by atoms with Crippen LogP contribution >= 0.6 is 22.9 Å². The predicted molar refractivity (Wildman–Crippen MR) is 61.9 cm³/mol. The van der Waals surface area contributed by atoms with Gasteiger partial charge in [-0.3, -0.25) is 4.79 Å². The molecule has 0 saturated carbocycles. The van der Waals surface area contributed by atoms with Gasteiger partial charge < -0.3 is 10.5 Å². The molecule has 0 spiro atoms. The minimum absolute atomic E-state index is 0.389. The Morgan fingerprint density at radius 2 is 2.27 bits per heavy atom. The number of hydrogen-bond donors (Lipinski definition) is 1. The molecule has 3 nitrogen and oxygen atoms in total. The number of carbonyl (C=O) groups is 1. The maximum absolute atomic E-state index is 11.1. The van der Waals surface area contributed by atoms with E-state index in [-0.39, 0.29) is 0 Å². The van der Waals surface area contributed by atoms with Crippen molar-refractivity contribution in [2.45, 2.75) is 0 Å². The Labute approximate surface area is 95.4 Å². The van der Waals surface area contributed by atoms with E-state index in [0.29, 0.717) is 15.6 Å². The van der Waals surface area contributed by atoms with Crippen molar-refractivity contribution >= 4 is 38.9 Å². The highest BCUT2D eigenvalue weighted by Gasteiger charge is 2.14. The Bertz CT molecular complexity index is 535. The van der Waals surface area contributed by atoms with Gasteiger partial charge in [-0.1, -0.05) is 11.6 Å². The average molecular weight is 242 g/mol.